The quantitative estimate of drug-likeness (QED) is 0.776. The molecule has 4 bridgehead atoms. The molecule has 6 rings (SSSR count). The Morgan fingerprint density at radius 1 is 0.958 bits per heavy atom. The standard InChI is InChI=1S/C21H24ClNO/c22-19-4-2-1-3-18(19)20-6-5-17(24-20)13-23-21-10-14-7-15(11-21)9-16(8-14)12-21/h1-6,14-16,23H,7-13H2. The third-order valence-electron chi connectivity index (χ3n) is 6.48. The summed E-state index contributed by atoms with van der Waals surface area (Å²) < 4.78 is 6.07. The van der Waals surface area contributed by atoms with Crippen molar-refractivity contribution in [2.75, 3.05) is 0 Å². The molecule has 1 N–H and O–H groups in total. The molecule has 2 nitrogen and oxygen atoms in total. The maximum atomic E-state index is 6.28. The average Bonchev–Trinajstić information content (AvgIpc) is 3.01. The molecule has 4 fully saturated rings. The lowest BCUT2D eigenvalue weighted by molar-refractivity contribution is -0.0213. The highest BCUT2D eigenvalue weighted by Crippen LogP contribution is 2.55. The zero-order valence-electron chi connectivity index (χ0n) is 13.9. The average molecular weight is 342 g/mol. The summed E-state index contributed by atoms with van der Waals surface area (Å²) >= 11 is 6.28. The number of halogens is 1. The number of hydrogen-bond donors (Lipinski definition) is 1. The summed E-state index contributed by atoms with van der Waals surface area (Å²) in [6.45, 7) is 0.830. The number of nitrogens with one attached hydrogen (secondary N) is 1. The Labute approximate surface area is 148 Å². The van der Waals surface area contributed by atoms with Gasteiger partial charge in [0.15, 0.2) is 0 Å². The van der Waals surface area contributed by atoms with Crippen molar-refractivity contribution < 1.29 is 4.42 Å². The molecule has 3 heteroatoms. The minimum atomic E-state index is 0.381. The second kappa shape index (κ2) is 5.64. The van der Waals surface area contributed by atoms with Gasteiger partial charge in [-0.15, -0.1) is 0 Å². The van der Waals surface area contributed by atoms with E-state index in [1.807, 2.05) is 30.3 Å². The first kappa shape index (κ1) is 15.0. The largest absolute Gasteiger partial charge is 0.460 e. The first-order valence-electron chi connectivity index (χ1n) is 9.28. The molecular weight excluding hydrogens is 318 g/mol. The number of hydrogen-bond acceptors (Lipinski definition) is 2. The first-order valence-corrected chi connectivity index (χ1v) is 9.66. The highest BCUT2D eigenvalue weighted by atomic mass is 35.5. The summed E-state index contributed by atoms with van der Waals surface area (Å²) in [5, 5.41) is 4.64. The zero-order chi connectivity index (χ0) is 16.1. The summed E-state index contributed by atoms with van der Waals surface area (Å²) in [6, 6.07) is 12.0. The van der Waals surface area contributed by atoms with Gasteiger partial charge in [0.05, 0.1) is 11.6 Å². The van der Waals surface area contributed by atoms with Crippen LogP contribution in [0.2, 0.25) is 5.02 Å². The minimum absolute atomic E-state index is 0.381. The first-order chi connectivity index (χ1) is 11.7. The van der Waals surface area contributed by atoms with E-state index in [1.54, 1.807) is 0 Å². The fourth-order valence-corrected chi connectivity index (χ4v) is 6.11. The van der Waals surface area contributed by atoms with E-state index in [4.69, 9.17) is 16.0 Å². The van der Waals surface area contributed by atoms with Gasteiger partial charge in [-0.1, -0.05) is 23.7 Å². The highest BCUT2D eigenvalue weighted by Gasteiger charge is 2.50. The van der Waals surface area contributed by atoms with Gasteiger partial charge in [0.2, 0.25) is 0 Å². The second-order valence-electron chi connectivity index (χ2n) is 8.30. The van der Waals surface area contributed by atoms with Crippen LogP contribution >= 0.6 is 11.6 Å². The maximum Gasteiger partial charge on any atom is 0.135 e. The van der Waals surface area contributed by atoms with Crippen molar-refractivity contribution in [3.05, 3.63) is 47.2 Å². The summed E-state index contributed by atoms with van der Waals surface area (Å²) in [6.07, 6.45) is 8.57. The fourth-order valence-electron chi connectivity index (χ4n) is 5.88. The zero-order valence-corrected chi connectivity index (χ0v) is 14.7. The van der Waals surface area contributed by atoms with Crippen LogP contribution in [0.3, 0.4) is 0 Å². The third-order valence-corrected chi connectivity index (χ3v) is 6.81. The highest BCUT2D eigenvalue weighted by molar-refractivity contribution is 6.33. The molecule has 0 saturated heterocycles. The van der Waals surface area contributed by atoms with Crippen LogP contribution < -0.4 is 5.32 Å². The van der Waals surface area contributed by atoms with Crippen molar-refractivity contribution >= 4 is 11.6 Å². The van der Waals surface area contributed by atoms with Crippen molar-refractivity contribution in [2.45, 2.75) is 50.6 Å². The molecule has 2 aromatic rings. The van der Waals surface area contributed by atoms with Crippen LogP contribution in [0.15, 0.2) is 40.8 Å². The molecule has 1 heterocycles. The number of rotatable bonds is 4. The van der Waals surface area contributed by atoms with E-state index >= 15 is 0 Å². The molecule has 0 unspecified atom stereocenters. The lowest BCUT2D eigenvalue weighted by Crippen LogP contribution is -2.58. The van der Waals surface area contributed by atoms with E-state index in [2.05, 4.69) is 11.4 Å². The van der Waals surface area contributed by atoms with Crippen LogP contribution in [0.5, 0.6) is 0 Å². The molecule has 4 aliphatic rings. The Balaban J connectivity index is 1.30. The van der Waals surface area contributed by atoms with Gasteiger partial charge in [0.1, 0.15) is 11.5 Å². The number of benzene rings is 1. The Morgan fingerprint density at radius 3 is 2.29 bits per heavy atom. The molecule has 1 aromatic heterocycles. The summed E-state index contributed by atoms with van der Waals surface area (Å²) in [4.78, 5) is 0. The Bertz CT molecular complexity index is 715. The molecule has 0 radical (unpaired) electrons. The molecule has 0 aliphatic heterocycles. The van der Waals surface area contributed by atoms with Gasteiger partial charge in [0.25, 0.3) is 0 Å². The lowest BCUT2D eigenvalue weighted by Gasteiger charge is -2.57. The smallest absolute Gasteiger partial charge is 0.135 e. The maximum absolute atomic E-state index is 6.28. The van der Waals surface area contributed by atoms with Crippen LogP contribution in [0.1, 0.15) is 44.3 Å². The van der Waals surface area contributed by atoms with Crippen molar-refractivity contribution in [1.82, 2.24) is 5.32 Å². The summed E-state index contributed by atoms with van der Waals surface area (Å²) in [5.41, 5.74) is 1.35. The van der Waals surface area contributed by atoms with Gasteiger partial charge in [-0.05, 0) is 80.5 Å². The monoisotopic (exact) mass is 341 g/mol. The molecule has 4 saturated carbocycles. The van der Waals surface area contributed by atoms with Gasteiger partial charge in [-0.25, -0.2) is 0 Å². The molecule has 0 atom stereocenters. The van der Waals surface area contributed by atoms with Gasteiger partial charge < -0.3 is 9.73 Å². The molecular formula is C21H24ClNO. The third kappa shape index (κ3) is 2.60. The van der Waals surface area contributed by atoms with Crippen molar-refractivity contribution in [3.8, 4) is 11.3 Å². The molecule has 0 amide bonds. The van der Waals surface area contributed by atoms with Crippen molar-refractivity contribution in [2.24, 2.45) is 17.8 Å². The molecule has 1 aromatic carbocycles. The van der Waals surface area contributed by atoms with E-state index in [0.29, 0.717) is 5.54 Å². The van der Waals surface area contributed by atoms with Crippen LogP contribution in [0.25, 0.3) is 11.3 Å². The van der Waals surface area contributed by atoms with E-state index in [1.165, 1.54) is 38.5 Å². The second-order valence-corrected chi connectivity index (χ2v) is 8.70. The van der Waals surface area contributed by atoms with Crippen LogP contribution in [0.4, 0.5) is 0 Å². The number of furan rings is 1. The molecule has 24 heavy (non-hydrogen) atoms. The van der Waals surface area contributed by atoms with Crippen LogP contribution in [-0.4, -0.2) is 5.54 Å². The van der Waals surface area contributed by atoms with E-state index in [-0.39, 0.29) is 0 Å². The predicted octanol–water partition coefficient (Wildman–Crippen LogP) is 5.66. The molecule has 126 valence electrons. The van der Waals surface area contributed by atoms with Gasteiger partial charge >= 0.3 is 0 Å². The summed E-state index contributed by atoms with van der Waals surface area (Å²) in [5.74, 6) is 4.79. The van der Waals surface area contributed by atoms with E-state index in [9.17, 15) is 0 Å². The SMILES string of the molecule is Clc1ccccc1-c1ccc(CNC23CC4CC(CC(C4)C2)C3)o1. The van der Waals surface area contributed by atoms with Gasteiger partial charge in [-0.3, -0.25) is 0 Å². The Kier molecular flexibility index (Phi) is 3.53. The van der Waals surface area contributed by atoms with E-state index < -0.39 is 0 Å². The molecule has 4 aliphatic carbocycles. The topological polar surface area (TPSA) is 25.2 Å². The van der Waals surface area contributed by atoms with E-state index in [0.717, 1.165) is 46.4 Å². The minimum Gasteiger partial charge on any atom is -0.460 e. The van der Waals surface area contributed by atoms with Gasteiger partial charge in [-0.2, -0.15) is 0 Å². The normalized spacial score (nSPS) is 34.0. The van der Waals surface area contributed by atoms with Gasteiger partial charge in [0, 0.05) is 11.1 Å². The van der Waals surface area contributed by atoms with Crippen molar-refractivity contribution in [1.29, 1.82) is 0 Å². The molecule has 0 spiro atoms. The fraction of sp³-hybridized carbons (Fsp3) is 0.524. The van der Waals surface area contributed by atoms with Crippen LogP contribution in [0, 0.1) is 17.8 Å². The lowest BCUT2D eigenvalue weighted by atomic mass is 9.53. The predicted molar refractivity (Wildman–Crippen MR) is 96.9 cm³/mol. The van der Waals surface area contributed by atoms with Crippen LogP contribution in [-0.2, 0) is 6.54 Å². The Morgan fingerprint density at radius 2 is 1.62 bits per heavy atom. The van der Waals surface area contributed by atoms with Crippen molar-refractivity contribution in [3.63, 3.8) is 0 Å². The summed E-state index contributed by atoms with van der Waals surface area (Å²) in [7, 11) is 0. The Hall–Kier alpha value is -1.25.